The molecule has 0 radical (unpaired) electrons. The van der Waals surface area contributed by atoms with Crippen LogP contribution >= 0.6 is 24.0 Å². The molecule has 6 nitrogen and oxygen atoms in total. The van der Waals surface area contributed by atoms with E-state index in [1.807, 2.05) is 29.9 Å². The number of nitrogens with one attached hydrogen (secondary N) is 2. The second-order valence-corrected chi connectivity index (χ2v) is 6.10. The van der Waals surface area contributed by atoms with Crippen LogP contribution in [0.3, 0.4) is 0 Å². The minimum Gasteiger partial charge on any atom is -0.355 e. The molecule has 0 aromatic carbocycles. The van der Waals surface area contributed by atoms with Crippen molar-refractivity contribution in [3.63, 3.8) is 0 Å². The Balaban J connectivity index is 0.00000576. The molecule has 1 aromatic rings. The number of aromatic nitrogens is 2. The zero-order valence-corrected chi connectivity index (χ0v) is 18.2. The first kappa shape index (κ1) is 23.6. The predicted octanol–water partition coefficient (Wildman–Crippen LogP) is 2.40. The maximum absolute atomic E-state index is 4.31. The summed E-state index contributed by atoms with van der Waals surface area (Å²) >= 11 is 0. The smallest absolute Gasteiger partial charge is 0.191 e. The number of halogens is 1. The summed E-state index contributed by atoms with van der Waals surface area (Å²) in [5, 5.41) is 10.9. The van der Waals surface area contributed by atoms with Gasteiger partial charge in [-0.1, -0.05) is 26.0 Å². The van der Waals surface area contributed by atoms with Crippen LogP contribution in [-0.4, -0.2) is 53.4 Å². The summed E-state index contributed by atoms with van der Waals surface area (Å²) in [6, 6.07) is 2.36. The van der Waals surface area contributed by atoms with Crippen LogP contribution in [0.4, 0.5) is 0 Å². The summed E-state index contributed by atoms with van der Waals surface area (Å²) in [6.07, 6.45) is 5.67. The first-order valence-electron chi connectivity index (χ1n) is 8.40. The molecule has 25 heavy (non-hydrogen) atoms. The molecule has 2 N–H and O–H groups in total. The zero-order chi connectivity index (χ0) is 17.9. The summed E-state index contributed by atoms with van der Waals surface area (Å²) in [7, 11) is 3.72. The SMILES string of the molecule is C=CCN(CC=C)C(CNC(=NC)NCc1ccnn1C)C(C)C.I. The maximum Gasteiger partial charge on any atom is 0.191 e. The minimum atomic E-state index is 0. The lowest BCUT2D eigenvalue weighted by atomic mass is 10.0. The molecule has 1 aromatic heterocycles. The van der Waals surface area contributed by atoms with Gasteiger partial charge in [0, 0.05) is 46.0 Å². The van der Waals surface area contributed by atoms with Crippen LogP contribution in [0.25, 0.3) is 0 Å². The van der Waals surface area contributed by atoms with E-state index in [9.17, 15) is 0 Å². The summed E-state index contributed by atoms with van der Waals surface area (Å²) in [5.41, 5.74) is 1.11. The lowest BCUT2D eigenvalue weighted by Gasteiger charge is -2.33. The quantitative estimate of drug-likeness (QED) is 0.244. The average Bonchev–Trinajstić information content (AvgIpc) is 2.95. The molecule has 0 amide bonds. The molecule has 0 fully saturated rings. The summed E-state index contributed by atoms with van der Waals surface area (Å²) in [5.74, 6) is 1.30. The topological polar surface area (TPSA) is 57.5 Å². The van der Waals surface area contributed by atoms with Gasteiger partial charge in [-0.3, -0.25) is 14.6 Å². The van der Waals surface area contributed by atoms with Crippen LogP contribution in [0.2, 0.25) is 0 Å². The Bertz CT molecular complexity index is 527. The molecule has 7 heteroatoms. The lowest BCUT2D eigenvalue weighted by Crippen LogP contribution is -2.49. The van der Waals surface area contributed by atoms with E-state index in [1.54, 1.807) is 13.2 Å². The van der Waals surface area contributed by atoms with Gasteiger partial charge in [-0.15, -0.1) is 37.1 Å². The van der Waals surface area contributed by atoms with Gasteiger partial charge in [-0.25, -0.2) is 0 Å². The van der Waals surface area contributed by atoms with Gasteiger partial charge in [0.1, 0.15) is 0 Å². The monoisotopic (exact) mass is 460 g/mol. The van der Waals surface area contributed by atoms with E-state index < -0.39 is 0 Å². The second kappa shape index (κ2) is 12.9. The van der Waals surface area contributed by atoms with Crippen molar-refractivity contribution in [3.8, 4) is 0 Å². The molecule has 1 heterocycles. The number of nitrogens with zero attached hydrogens (tertiary/aromatic N) is 4. The molecular formula is C18H33IN6. The second-order valence-electron chi connectivity index (χ2n) is 6.10. The Labute approximate surface area is 169 Å². The first-order valence-corrected chi connectivity index (χ1v) is 8.40. The number of aryl methyl sites for hydroxylation is 1. The van der Waals surface area contributed by atoms with Crippen LogP contribution in [0, 0.1) is 5.92 Å². The minimum absolute atomic E-state index is 0. The summed E-state index contributed by atoms with van der Waals surface area (Å²) < 4.78 is 1.85. The van der Waals surface area contributed by atoms with Crippen LogP contribution in [0.1, 0.15) is 19.5 Å². The highest BCUT2D eigenvalue weighted by molar-refractivity contribution is 14.0. The van der Waals surface area contributed by atoms with E-state index in [4.69, 9.17) is 0 Å². The van der Waals surface area contributed by atoms with Crippen molar-refractivity contribution in [2.24, 2.45) is 18.0 Å². The molecule has 1 rings (SSSR count). The molecule has 0 spiro atoms. The molecule has 0 saturated heterocycles. The Morgan fingerprint density at radius 1 is 1.32 bits per heavy atom. The van der Waals surface area contributed by atoms with Gasteiger partial charge in [0.05, 0.1) is 12.2 Å². The molecule has 0 bridgehead atoms. The van der Waals surface area contributed by atoms with Gasteiger partial charge in [-0.2, -0.15) is 5.10 Å². The summed E-state index contributed by atoms with van der Waals surface area (Å²) in [4.78, 5) is 6.67. The number of aliphatic imine (C=N–C) groups is 1. The van der Waals surface area contributed by atoms with Crippen molar-refractivity contribution < 1.29 is 0 Å². The number of hydrogen-bond donors (Lipinski definition) is 2. The van der Waals surface area contributed by atoms with Crippen LogP contribution < -0.4 is 10.6 Å². The van der Waals surface area contributed by atoms with E-state index in [1.165, 1.54) is 0 Å². The Hall–Kier alpha value is -1.35. The Morgan fingerprint density at radius 2 is 1.96 bits per heavy atom. The highest BCUT2D eigenvalue weighted by atomic mass is 127. The predicted molar refractivity (Wildman–Crippen MR) is 117 cm³/mol. The lowest BCUT2D eigenvalue weighted by molar-refractivity contribution is 0.190. The van der Waals surface area contributed by atoms with E-state index in [-0.39, 0.29) is 24.0 Å². The third-order valence-electron chi connectivity index (χ3n) is 4.03. The van der Waals surface area contributed by atoms with Crippen molar-refractivity contribution in [2.75, 3.05) is 26.7 Å². The van der Waals surface area contributed by atoms with Crippen molar-refractivity contribution in [2.45, 2.75) is 26.4 Å². The fourth-order valence-corrected chi connectivity index (χ4v) is 2.63. The van der Waals surface area contributed by atoms with Crippen LogP contribution in [-0.2, 0) is 13.6 Å². The fraction of sp³-hybridized carbons (Fsp3) is 0.556. The van der Waals surface area contributed by atoms with E-state index in [0.29, 0.717) is 18.5 Å². The van der Waals surface area contributed by atoms with Gasteiger partial charge in [0.15, 0.2) is 5.96 Å². The zero-order valence-electron chi connectivity index (χ0n) is 15.9. The summed E-state index contributed by atoms with van der Waals surface area (Å²) in [6.45, 7) is 15.4. The van der Waals surface area contributed by atoms with E-state index in [2.05, 4.69) is 52.6 Å². The molecule has 0 aliphatic rings. The highest BCUT2D eigenvalue weighted by Gasteiger charge is 2.20. The number of rotatable bonds is 10. The van der Waals surface area contributed by atoms with Crippen molar-refractivity contribution in [1.82, 2.24) is 25.3 Å². The Morgan fingerprint density at radius 3 is 2.40 bits per heavy atom. The maximum atomic E-state index is 4.31. The van der Waals surface area contributed by atoms with Crippen LogP contribution in [0.15, 0.2) is 42.6 Å². The normalized spacial score (nSPS) is 12.6. The molecule has 1 unspecified atom stereocenters. The highest BCUT2D eigenvalue weighted by Crippen LogP contribution is 2.10. The van der Waals surface area contributed by atoms with Gasteiger partial charge in [0.2, 0.25) is 0 Å². The molecule has 0 aliphatic heterocycles. The van der Waals surface area contributed by atoms with E-state index in [0.717, 1.165) is 31.3 Å². The van der Waals surface area contributed by atoms with Crippen LogP contribution in [0.5, 0.6) is 0 Å². The van der Waals surface area contributed by atoms with Crippen molar-refractivity contribution in [3.05, 3.63) is 43.3 Å². The molecular weight excluding hydrogens is 427 g/mol. The van der Waals surface area contributed by atoms with Crippen molar-refractivity contribution in [1.29, 1.82) is 0 Å². The first-order chi connectivity index (χ1) is 11.5. The van der Waals surface area contributed by atoms with Crippen molar-refractivity contribution >= 4 is 29.9 Å². The van der Waals surface area contributed by atoms with E-state index >= 15 is 0 Å². The molecule has 1 atom stereocenters. The average molecular weight is 460 g/mol. The number of hydrogen-bond acceptors (Lipinski definition) is 3. The number of guanidine groups is 1. The largest absolute Gasteiger partial charge is 0.355 e. The van der Waals surface area contributed by atoms with Gasteiger partial charge in [0.25, 0.3) is 0 Å². The third-order valence-corrected chi connectivity index (χ3v) is 4.03. The van der Waals surface area contributed by atoms with Gasteiger partial charge < -0.3 is 10.6 Å². The molecule has 0 aliphatic carbocycles. The fourth-order valence-electron chi connectivity index (χ4n) is 2.63. The molecule has 142 valence electrons. The van der Waals surface area contributed by atoms with Gasteiger partial charge in [-0.05, 0) is 12.0 Å². The Kier molecular flexibility index (Phi) is 12.2. The molecule has 0 saturated carbocycles. The van der Waals surface area contributed by atoms with Gasteiger partial charge >= 0.3 is 0 Å². The third kappa shape index (κ3) is 8.04. The standard InChI is InChI=1S/C18H32N6.HI/c1-7-11-24(12-8-2)17(15(3)4)14-21-18(19-5)20-13-16-9-10-22-23(16)6;/h7-10,15,17H,1-2,11-14H2,3-6H3,(H2,19,20,21);1H.